The number of nitrogens with zero attached hydrogens (tertiary/aromatic N) is 1. The number of carbonyl (C=O) groups excluding carboxylic acids is 1. The molecular weight excluding hydrogens is 183 g/mol. The summed E-state index contributed by atoms with van der Waals surface area (Å²) in [6.45, 7) is 1.58. The van der Waals surface area contributed by atoms with Gasteiger partial charge in [0.15, 0.2) is 0 Å². The summed E-state index contributed by atoms with van der Waals surface area (Å²) in [5, 5.41) is 0. The number of aryl methyl sites for hydroxylation is 1. The zero-order valence-corrected chi connectivity index (χ0v) is 7.83. The summed E-state index contributed by atoms with van der Waals surface area (Å²) in [6, 6.07) is 2.88. The van der Waals surface area contributed by atoms with Crippen molar-refractivity contribution >= 4 is 12.0 Å². The summed E-state index contributed by atoms with van der Waals surface area (Å²) in [7, 11) is 0. The SMILES string of the molecule is Cc1nc(C=CCC(N)=O)ccc1F. The summed E-state index contributed by atoms with van der Waals surface area (Å²) in [5.41, 5.74) is 5.90. The summed E-state index contributed by atoms with van der Waals surface area (Å²) in [5.74, 6) is -0.739. The van der Waals surface area contributed by atoms with Crippen LogP contribution >= 0.6 is 0 Å². The van der Waals surface area contributed by atoms with E-state index in [1.54, 1.807) is 25.1 Å². The van der Waals surface area contributed by atoms with Crippen LogP contribution in [0, 0.1) is 12.7 Å². The maximum atomic E-state index is 12.8. The number of hydrogen-bond acceptors (Lipinski definition) is 2. The number of pyridine rings is 1. The maximum Gasteiger partial charge on any atom is 0.221 e. The fourth-order valence-corrected chi connectivity index (χ4v) is 0.952. The molecule has 1 rings (SSSR count). The molecule has 0 saturated carbocycles. The van der Waals surface area contributed by atoms with Crippen molar-refractivity contribution in [3.8, 4) is 0 Å². The Bertz CT molecular complexity index is 374. The molecule has 0 saturated heterocycles. The van der Waals surface area contributed by atoms with Gasteiger partial charge in [-0.25, -0.2) is 4.39 Å². The lowest BCUT2D eigenvalue weighted by Gasteiger charge is -1.96. The van der Waals surface area contributed by atoms with Gasteiger partial charge in [0.1, 0.15) is 5.82 Å². The quantitative estimate of drug-likeness (QED) is 0.791. The molecule has 1 aromatic rings. The lowest BCUT2D eigenvalue weighted by molar-refractivity contribution is -0.117. The van der Waals surface area contributed by atoms with Crippen molar-refractivity contribution in [3.05, 3.63) is 35.4 Å². The zero-order valence-electron chi connectivity index (χ0n) is 7.83. The van der Waals surface area contributed by atoms with Gasteiger partial charge in [-0.2, -0.15) is 0 Å². The highest BCUT2D eigenvalue weighted by atomic mass is 19.1. The van der Waals surface area contributed by atoms with Crippen molar-refractivity contribution in [1.29, 1.82) is 0 Å². The van der Waals surface area contributed by atoms with Crippen molar-refractivity contribution in [3.63, 3.8) is 0 Å². The number of aromatic nitrogens is 1. The van der Waals surface area contributed by atoms with Crippen LogP contribution < -0.4 is 5.73 Å². The van der Waals surface area contributed by atoms with Gasteiger partial charge in [-0.1, -0.05) is 6.08 Å². The maximum absolute atomic E-state index is 12.8. The number of hydrogen-bond donors (Lipinski definition) is 1. The molecule has 0 radical (unpaired) electrons. The molecule has 0 unspecified atom stereocenters. The second kappa shape index (κ2) is 4.50. The first-order chi connectivity index (χ1) is 6.59. The number of nitrogens with two attached hydrogens (primary N) is 1. The zero-order chi connectivity index (χ0) is 10.6. The molecule has 1 aromatic heterocycles. The van der Waals surface area contributed by atoms with Gasteiger partial charge in [0, 0.05) is 6.42 Å². The molecule has 74 valence electrons. The van der Waals surface area contributed by atoms with Crippen molar-refractivity contribution in [2.75, 3.05) is 0 Å². The Morgan fingerprint density at radius 2 is 2.36 bits per heavy atom. The van der Waals surface area contributed by atoms with Gasteiger partial charge < -0.3 is 5.73 Å². The third-order valence-corrected chi connectivity index (χ3v) is 1.65. The Morgan fingerprint density at radius 3 is 2.93 bits per heavy atom. The molecule has 3 nitrogen and oxygen atoms in total. The molecule has 1 amide bonds. The summed E-state index contributed by atoms with van der Waals surface area (Å²) in [6.07, 6.45) is 3.40. The van der Waals surface area contributed by atoms with Crippen molar-refractivity contribution < 1.29 is 9.18 Å². The number of halogens is 1. The number of primary amides is 1. The minimum Gasteiger partial charge on any atom is -0.369 e. The Morgan fingerprint density at radius 1 is 1.64 bits per heavy atom. The van der Waals surface area contributed by atoms with Gasteiger partial charge in [0.25, 0.3) is 0 Å². The third kappa shape index (κ3) is 2.97. The van der Waals surface area contributed by atoms with Crippen LogP contribution in [0.2, 0.25) is 0 Å². The first-order valence-corrected chi connectivity index (χ1v) is 4.17. The van der Waals surface area contributed by atoms with Gasteiger partial charge in [-0.15, -0.1) is 0 Å². The first-order valence-electron chi connectivity index (χ1n) is 4.17. The van der Waals surface area contributed by atoms with Crippen LogP contribution in [0.5, 0.6) is 0 Å². The predicted octanol–water partition coefficient (Wildman–Crippen LogP) is 1.42. The highest BCUT2D eigenvalue weighted by molar-refractivity contribution is 5.76. The number of amides is 1. The monoisotopic (exact) mass is 194 g/mol. The average Bonchev–Trinajstić information content (AvgIpc) is 2.10. The van der Waals surface area contributed by atoms with E-state index in [0.29, 0.717) is 11.4 Å². The lowest BCUT2D eigenvalue weighted by Crippen LogP contribution is -2.07. The van der Waals surface area contributed by atoms with Crippen molar-refractivity contribution in [1.82, 2.24) is 4.98 Å². The van der Waals surface area contributed by atoms with Crippen molar-refractivity contribution in [2.24, 2.45) is 5.73 Å². The van der Waals surface area contributed by atoms with Crippen molar-refractivity contribution in [2.45, 2.75) is 13.3 Å². The normalized spacial score (nSPS) is 10.7. The molecule has 0 fully saturated rings. The third-order valence-electron chi connectivity index (χ3n) is 1.65. The van der Waals surface area contributed by atoms with Gasteiger partial charge in [0.2, 0.25) is 5.91 Å². The fraction of sp³-hybridized carbons (Fsp3) is 0.200. The highest BCUT2D eigenvalue weighted by Crippen LogP contribution is 2.05. The molecule has 0 spiro atoms. The standard InChI is InChI=1S/C10H11FN2O/c1-7-9(11)6-5-8(13-7)3-2-4-10(12)14/h2-3,5-6H,4H2,1H3,(H2,12,14). The average molecular weight is 194 g/mol. The Labute approximate surface area is 81.5 Å². The second-order valence-corrected chi connectivity index (χ2v) is 2.88. The summed E-state index contributed by atoms with van der Waals surface area (Å²) in [4.78, 5) is 14.4. The van der Waals surface area contributed by atoms with Gasteiger partial charge in [-0.05, 0) is 25.1 Å². The van der Waals surface area contributed by atoms with E-state index >= 15 is 0 Å². The Kier molecular flexibility index (Phi) is 3.34. The van der Waals surface area contributed by atoms with Gasteiger partial charge in [-0.3, -0.25) is 9.78 Å². The fourth-order valence-electron chi connectivity index (χ4n) is 0.952. The van der Waals surface area contributed by atoms with Crippen LogP contribution in [0.15, 0.2) is 18.2 Å². The van der Waals surface area contributed by atoms with E-state index in [1.807, 2.05) is 0 Å². The summed E-state index contributed by atoms with van der Waals surface area (Å²) < 4.78 is 12.8. The second-order valence-electron chi connectivity index (χ2n) is 2.88. The lowest BCUT2D eigenvalue weighted by atomic mass is 10.2. The number of carbonyl (C=O) groups is 1. The van der Waals surface area contributed by atoms with Crippen LogP contribution in [0.1, 0.15) is 17.8 Å². The largest absolute Gasteiger partial charge is 0.369 e. The molecular formula is C10H11FN2O. The van der Waals surface area contributed by atoms with Gasteiger partial charge >= 0.3 is 0 Å². The van der Waals surface area contributed by atoms with Crippen LogP contribution in [-0.2, 0) is 4.79 Å². The molecule has 1 heterocycles. The van der Waals surface area contributed by atoms with Crippen LogP contribution in [0.25, 0.3) is 6.08 Å². The van der Waals surface area contributed by atoms with Gasteiger partial charge in [0.05, 0.1) is 11.4 Å². The molecule has 0 aliphatic heterocycles. The minimum atomic E-state index is -0.403. The minimum absolute atomic E-state index is 0.165. The van der Waals surface area contributed by atoms with E-state index in [9.17, 15) is 9.18 Å². The number of rotatable bonds is 3. The molecule has 0 aliphatic rings. The van der Waals surface area contributed by atoms with E-state index in [-0.39, 0.29) is 12.2 Å². The van der Waals surface area contributed by atoms with Crippen LogP contribution in [-0.4, -0.2) is 10.9 Å². The predicted molar refractivity (Wildman–Crippen MR) is 51.8 cm³/mol. The van der Waals surface area contributed by atoms with E-state index in [2.05, 4.69) is 4.98 Å². The Hall–Kier alpha value is -1.71. The summed E-state index contributed by atoms with van der Waals surface area (Å²) >= 11 is 0. The molecule has 14 heavy (non-hydrogen) atoms. The van der Waals surface area contributed by atoms with E-state index in [1.165, 1.54) is 6.07 Å². The molecule has 0 bridgehead atoms. The molecule has 0 aliphatic carbocycles. The van der Waals surface area contributed by atoms with E-state index in [4.69, 9.17) is 5.73 Å². The molecule has 2 N–H and O–H groups in total. The van der Waals surface area contributed by atoms with E-state index in [0.717, 1.165) is 0 Å². The van der Waals surface area contributed by atoms with E-state index < -0.39 is 5.91 Å². The smallest absolute Gasteiger partial charge is 0.221 e. The highest BCUT2D eigenvalue weighted by Gasteiger charge is 1.97. The van der Waals surface area contributed by atoms with Crippen LogP contribution in [0.4, 0.5) is 4.39 Å². The topological polar surface area (TPSA) is 56.0 Å². The van der Waals surface area contributed by atoms with Crippen LogP contribution in [0.3, 0.4) is 0 Å². The molecule has 4 heteroatoms. The first kappa shape index (κ1) is 10.4. The molecule has 0 aromatic carbocycles. The molecule has 0 atom stereocenters. The Balaban J connectivity index is 2.73.